The first-order chi connectivity index (χ1) is 12.0. The molecular formula is C19H19N3O3. The molecule has 0 amide bonds. The van der Waals surface area contributed by atoms with Gasteiger partial charge in [-0.1, -0.05) is 13.0 Å². The molecule has 6 heteroatoms. The molecule has 2 aromatic rings. The van der Waals surface area contributed by atoms with Crippen molar-refractivity contribution in [2.45, 2.75) is 20.3 Å². The second kappa shape index (κ2) is 8.06. The molecule has 0 radical (unpaired) electrons. The van der Waals surface area contributed by atoms with Gasteiger partial charge in [0, 0.05) is 17.2 Å². The summed E-state index contributed by atoms with van der Waals surface area (Å²) < 4.78 is 10.4. The first kappa shape index (κ1) is 18.1. The standard InChI is InChI=1S/C19H19N3O3/c1-5-15-16(21-19(25-4)22-18(15)24-3)17(23)14-10-12(2)9-13(11-14)7-6-8-20/h6-7,9-11H,5H2,1-4H3/b7-6+. The summed E-state index contributed by atoms with van der Waals surface area (Å²) in [5.41, 5.74) is 3.05. The van der Waals surface area contributed by atoms with Crippen LogP contribution in [0.2, 0.25) is 0 Å². The Kier molecular flexibility index (Phi) is 5.85. The van der Waals surface area contributed by atoms with Gasteiger partial charge in [0.05, 0.1) is 20.3 Å². The van der Waals surface area contributed by atoms with Crippen molar-refractivity contribution in [3.63, 3.8) is 0 Å². The number of benzene rings is 1. The van der Waals surface area contributed by atoms with Gasteiger partial charge in [-0.25, -0.2) is 0 Å². The normalized spacial score (nSPS) is 10.5. The van der Waals surface area contributed by atoms with Gasteiger partial charge < -0.3 is 9.47 Å². The van der Waals surface area contributed by atoms with Crippen molar-refractivity contribution in [3.8, 4) is 18.0 Å². The third kappa shape index (κ3) is 4.01. The highest BCUT2D eigenvalue weighted by molar-refractivity contribution is 6.09. The van der Waals surface area contributed by atoms with Crippen molar-refractivity contribution in [2.75, 3.05) is 14.2 Å². The lowest BCUT2D eigenvalue weighted by Crippen LogP contribution is -2.12. The number of nitrogens with zero attached hydrogens (tertiary/aromatic N) is 3. The number of aryl methyl sites for hydroxylation is 1. The number of hydrogen-bond donors (Lipinski definition) is 0. The van der Waals surface area contributed by atoms with E-state index in [4.69, 9.17) is 14.7 Å². The molecule has 25 heavy (non-hydrogen) atoms. The zero-order chi connectivity index (χ0) is 18.4. The zero-order valence-corrected chi connectivity index (χ0v) is 14.7. The summed E-state index contributed by atoms with van der Waals surface area (Å²) in [5.74, 6) is 0.0844. The maximum Gasteiger partial charge on any atom is 0.320 e. The quantitative estimate of drug-likeness (QED) is 0.595. The van der Waals surface area contributed by atoms with Gasteiger partial charge in [-0.2, -0.15) is 15.2 Å². The average Bonchev–Trinajstić information content (AvgIpc) is 2.63. The molecule has 2 rings (SSSR count). The predicted octanol–water partition coefficient (Wildman–Crippen LogP) is 3.13. The van der Waals surface area contributed by atoms with Crippen molar-refractivity contribution in [1.82, 2.24) is 9.97 Å². The van der Waals surface area contributed by atoms with E-state index >= 15 is 0 Å². The van der Waals surface area contributed by atoms with Gasteiger partial charge in [-0.15, -0.1) is 0 Å². The first-order valence-electron chi connectivity index (χ1n) is 7.75. The van der Waals surface area contributed by atoms with E-state index in [2.05, 4.69) is 9.97 Å². The van der Waals surface area contributed by atoms with E-state index in [1.165, 1.54) is 20.3 Å². The van der Waals surface area contributed by atoms with Crippen LogP contribution in [0.15, 0.2) is 24.3 Å². The molecule has 0 N–H and O–H groups in total. The Hall–Kier alpha value is -3.20. The molecule has 0 spiro atoms. The second-order valence-corrected chi connectivity index (χ2v) is 5.32. The number of hydrogen-bond acceptors (Lipinski definition) is 6. The van der Waals surface area contributed by atoms with Crippen LogP contribution < -0.4 is 9.47 Å². The molecule has 0 aliphatic heterocycles. The molecule has 6 nitrogen and oxygen atoms in total. The molecule has 1 heterocycles. The summed E-state index contributed by atoms with van der Waals surface area (Å²) in [4.78, 5) is 21.4. The minimum absolute atomic E-state index is 0.0784. The first-order valence-corrected chi connectivity index (χ1v) is 7.75. The van der Waals surface area contributed by atoms with Crippen molar-refractivity contribution in [3.05, 3.63) is 52.2 Å². The third-order valence-electron chi connectivity index (χ3n) is 3.61. The molecule has 0 unspecified atom stereocenters. The van der Waals surface area contributed by atoms with E-state index in [1.54, 1.807) is 18.2 Å². The van der Waals surface area contributed by atoms with Crippen LogP contribution in [0.1, 0.15) is 39.7 Å². The maximum absolute atomic E-state index is 13.1. The van der Waals surface area contributed by atoms with Crippen molar-refractivity contribution >= 4 is 11.9 Å². The Morgan fingerprint density at radius 1 is 1.24 bits per heavy atom. The Morgan fingerprint density at radius 2 is 2.00 bits per heavy atom. The number of nitriles is 1. The smallest absolute Gasteiger partial charge is 0.320 e. The monoisotopic (exact) mass is 337 g/mol. The van der Waals surface area contributed by atoms with Gasteiger partial charge >= 0.3 is 6.01 Å². The summed E-state index contributed by atoms with van der Waals surface area (Å²) in [6, 6.07) is 7.43. The molecule has 128 valence electrons. The Balaban J connectivity index is 2.59. The Labute approximate surface area is 146 Å². The number of ether oxygens (including phenoxy) is 2. The van der Waals surface area contributed by atoms with Crippen LogP contribution in [-0.4, -0.2) is 30.0 Å². The van der Waals surface area contributed by atoms with E-state index in [-0.39, 0.29) is 17.5 Å². The summed E-state index contributed by atoms with van der Waals surface area (Å²) in [7, 11) is 2.93. The number of ketones is 1. The molecule has 1 aromatic heterocycles. The fraction of sp³-hybridized carbons (Fsp3) is 0.263. The highest BCUT2D eigenvalue weighted by Gasteiger charge is 2.21. The van der Waals surface area contributed by atoms with Gasteiger partial charge in [-0.3, -0.25) is 4.79 Å². The summed E-state index contributed by atoms with van der Waals surface area (Å²) in [6.45, 7) is 3.80. The van der Waals surface area contributed by atoms with E-state index in [0.29, 0.717) is 23.4 Å². The van der Waals surface area contributed by atoms with E-state index < -0.39 is 0 Å². The lowest BCUT2D eigenvalue weighted by Gasteiger charge is -2.12. The van der Waals surface area contributed by atoms with Crippen LogP contribution in [0.4, 0.5) is 0 Å². The molecule has 0 saturated heterocycles. The van der Waals surface area contributed by atoms with E-state index in [9.17, 15) is 4.79 Å². The maximum atomic E-state index is 13.1. The molecule has 0 saturated carbocycles. The number of aromatic nitrogens is 2. The number of rotatable bonds is 6. The summed E-state index contributed by atoms with van der Waals surface area (Å²) in [6.07, 6.45) is 3.57. The van der Waals surface area contributed by atoms with Gasteiger partial charge in [0.25, 0.3) is 0 Å². The fourth-order valence-corrected chi connectivity index (χ4v) is 2.52. The van der Waals surface area contributed by atoms with Crippen LogP contribution in [-0.2, 0) is 6.42 Å². The topological polar surface area (TPSA) is 85.1 Å². The van der Waals surface area contributed by atoms with Crippen molar-refractivity contribution in [1.29, 1.82) is 5.26 Å². The molecule has 0 aliphatic rings. The molecule has 0 aliphatic carbocycles. The van der Waals surface area contributed by atoms with Crippen molar-refractivity contribution < 1.29 is 14.3 Å². The van der Waals surface area contributed by atoms with Crippen LogP contribution >= 0.6 is 0 Å². The zero-order valence-electron chi connectivity index (χ0n) is 14.7. The van der Waals surface area contributed by atoms with E-state index in [0.717, 1.165) is 11.1 Å². The predicted molar refractivity (Wildman–Crippen MR) is 93.8 cm³/mol. The Bertz CT molecular complexity index is 867. The van der Waals surface area contributed by atoms with Crippen LogP contribution in [0.5, 0.6) is 11.9 Å². The number of carbonyl (C=O) groups is 1. The van der Waals surface area contributed by atoms with Gasteiger partial charge in [0.15, 0.2) is 0 Å². The molecule has 1 aromatic carbocycles. The van der Waals surface area contributed by atoms with E-state index in [1.807, 2.05) is 26.0 Å². The summed E-state index contributed by atoms with van der Waals surface area (Å²) >= 11 is 0. The minimum atomic E-state index is -0.244. The minimum Gasteiger partial charge on any atom is -0.481 e. The van der Waals surface area contributed by atoms with Crippen LogP contribution in [0, 0.1) is 18.3 Å². The Morgan fingerprint density at radius 3 is 2.60 bits per heavy atom. The van der Waals surface area contributed by atoms with Crippen molar-refractivity contribution in [2.24, 2.45) is 0 Å². The van der Waals surface area contributed by atoms with Gasteiger partial charge in [0.2, 0.25) is 11.7 Å². The lowest BCUT2D eigenvalue weighted by atomic mass is 9.99. The van der Waals surface area contributed by atoms with Gasteiger partial charge in [-0.05, 0) is 42.7 Å². The molecule has 0 bridgehead atoms. The molecular weight excluding hydrogens is 318 g/mol. The summed E-state index contributed by atoms with van der Waals surface area (Å²) in [5, 5.41) is 8.69. The van der Waals surface area contributed by atoms with Gasteiger partial charge in [0.1, 0.15) is 5.69 Å². The lowest BCUT2D eigenvalue weighted by molar-refractivity contribution is 0.103. The second-order valence-electron chi connectivity index (χ2n) is 5.32. The number of carbonyl (C=O) groups excluding carboxylic acids is 1. The number of allylic oxidation sites excluding steroid dienone is 1. The third-order valence-corrected chi connectivity index (χ3v) is 3.61. The highest BCUT2D eigenvalue weighted by Crippen LogP contribution is 2.25. The fourth-order valence-electron chi connectivity index (χ4n) is 2.52. The van der Waals surface area contributed by atoms with Crippen LogP contribution in [0.3, 0.4) is 0 Å². The SMILES string of the molecule is CCc1c(OC)nc(OC)nc1C(=O)c1cc(C)cc(/C=C/C#N)c1. The average molecular weight is 337 g/mol. The largest absolute Gasteiger partial charge is 0.481 e. The molecule has 0 fully saturated rings. The van der Waals surface area contributed by atoms with Crippen LogP contribution in [0.25, 0.3) is 6.08 Å². The number of methoxy groups -OCH3 is 2. The molecule has 0 atom stereocenters. The highest BCUT2D eigenvalue weighted by atomic mass is 16.5.